The first-order valence-corrected chi connectivity index (χ1v) is 10.4. The summed E-state index contributed by atoms with van der Waals surface area (Å²) in [6.45, 7) is 4.54. The summed E-state index contributed by atoms with van der Waals surface area (Å²) >= 11 is 1.44. The quantitative estimate of drug-likeness (QED) is 0.238. The maximum Gasteiger partial charge on any atom is 0.328 e. The lowest BCUT2D eigenvalue weighted by Gasteiger charge is -2.13. The third-order valence-corrected chi connectivity index (χ3v) is 5.46. The van der Waals surface area contributed by atoms with Gasteiger partial charge in [-0.3, -0.25) is 24.3 Å². The highest BCUT2D eigenvalue weighted by molar-refractivity contribution is 7.12. The number of aryl methyl sites for hydroxylation is 1. The molecule has 1 atom stereocenters. The number of esters is 1. The van der Waals surface area contributed by atoms with E-state index in [-0.39, 0.29) is 17.0 Å². The molecule has 2 heterocycles. The van der Waals surface area contributed by atoms with E-state index < -0.39 is 29.4 Å². The molecule has 2 aromatic heterocycles. The minimum absolute atomic E-state index is 0.0320. The second-order valence-corrected chi connectivity index (χ2v) is 7.84. The van der Waals surface area contributed by atoms with Crippen molar-refractivity contribution in [2.24, 2.45) is 0 Å². The van der Waals surface area contributed by atoms with Crippen molar-refractivity contribution in [2.45, 2.75) is 26.8 Å². The molecule has 0 radical (unpaired) electrons. The molecule has 0 aliphatic rings. The van der Waals surface area contributed by atoms with Gasteiger partial charge in [-0.15, -0.1) is 11.3 Å². The number of nitrogens with one attached hydrogen (secondary N) is 1. The van der Waals surface area contributed by atoms with Crippen LogP contribution in [0.3, 0.4) is 0 Å². The summed E-state index contributed by atoms with van der Waals surface area (Å²) in [6.07, 6.45) is 1.67. The third kappa shape index (κ3) is 4.89. The normalized spacial score (nSPS) is 11.6. The number of hydrogen-bond donors (Lipinski definition) is 1. The minimum Gasteiger partial charge on any atom is -0.456 e. The Morgan fingerprint density at radius 3 is 2.69 bits per heavy atom. The van der Waals surface area contributed by atoms with E-state index in [4.69, 9.17) is 4.74 Å². The van der Waals surface area contributed by atoms with Crippen LogP contribution < -0.4 is 5.32 Å². The van der Waals surface area contributed by atoms with Crippen molar-refractivity contribution in [2.75, 3.05) is 6.61 Å². The third-order valence-electron chi connectivity index (χ3n) is 4.71. The molecule has 1 N–H and O–H groups in total. The molecule has 32 heavy (non-hydrogen) atoms. The van der Waals surface area contributed by atoms with E-state index in [2.05, 4.69) is 10.3 Å². The summed E-state index contributed by atoms with van der Waals surface area (Å²) in [5.74, 6) is -1.85. The lowest BCUT2D eigenvalue weighted by atomic mass is 10.1. The molecule has 1 aromatic carbocycles. The molecule has 0 spiro atoms. The Morgan fingerprint density at radius 2 is 2.03 bits per heavy atom. The van der Waals surface area contributed by atoms with Gasteiger partial charge in [0.1, 0.15) is 6.04 Å². The topological polar surface area (TPSA) is 133 Å². The maximum absolute atomic E-state index is 12.6. The predicted molar refractivity (Wildman–Crippen MR) is 116 cm³/mol. The van der Waals surface area contributed by atoms with Crippen LogP contribution in [-0.4, -0.2) is 44.8 Å². The average molecular weight is 456 g/mol. The van der Waals surface area contributed by atoms with Crippen LogP contribution in [0.25, 0.3) is 5.13 Å². The van der Waals surface area contributed by atoms with Crippen LogP contribution >= 0.6 is 11.3 Å². The molecule has 0 bridgehead atoms. The number of Topliss-reactive ketones (excluding diaryl/α,β-unsaturated/α-hetero) is 1. The highest BCUT2D eigenvalue weighted by atomic mass is 32.1. The lowest BCUT2D eigenvalue weighted by Crippen LogP contribution is -2.40. The number of aromatic nitrogens is 2. The monoisotopic (exact) mass is 456 g/mol. The summed E-state index contributed by atoms with van der Waals surface area (Å²) in [5.41, 5.74) is 1.72. The first kappa shape index (κ1) is 22.8. The Morgan fingerprint density at radius 1 is 1.28 bits per heavy atom. The van der Waals surface area contributed by atoms with E-state index in [1.807, 2.05) is 16.9 Å². The molecule has 0 aliphatic carbocycles. The second kappa shape index (κ2) is 9.52. The minimum atomic E-state index is -1.06. The molecule has 11 heteroatoms. The van der Waals surface area contributed by atoms with Gasteiger partial charge in [0.05, 0.1) is 4.92 Å². The van der Waals surface area contributed by atoms with E-state index in [1.54, 1.807) is 19.2 Å². The molecular weight excluding hydrogens is 436 g/mol. The average Bonchev–Trinajstić information content (AvgIpc) is 3.39. The number of non-ortho nitro benzene ring substituents is 1. The zero-order valence-corrected chi connectivity index (χ0v) is 18.3. The molecule has 3 aromatic rings. The van der Waals surface area contributed by atoms with Crippen molar-refractivity contribution >= 4 is 34.7 Å². The van der Waals surface area contributed by atoms with Crippen LogP contribution in [0.2, 0.25) is 0 Å². The van der Waals surface area contributed by atoms with E-state index in [1.165, 1.54) is 36.5 Å². The van der Waals surface area contributed by atoms with Crippen molar-refractivity contribution in [1.82, 2.24) is 14.9 Å². The van der Waals surface area contributed by atoms with Gasteiger partial charge < -0.3 is 10.1 Å². The summed E-state index contributed by atoms with van der Waals surface area (Å²) in [7, 11) is 0. The molecule has 166 valence electrons. The highest BCUT2D eigenvalue weighted by Gasteiger charge is 2.22. The fourth-order valence-corrected chi connectivity index (χ4v) is 3.86. The van der Waals surface area contributed by atoms with Crippen LogP contribution in [0.5, 0.6) is 0 Å². The van der Waals surface area contributed by atoms with Crippen molar-refractivity contribution in [3.63, 3.8) is 0 Å². The van der Waals surface area contributed by atoms with Crippen molar-refractivity contribution < 1.29 is 24.0 Å². The zero-order chi connectivity index (χ0) is 23.4. The fraction of sp³-hybridized carbons (Fsp3) is 0.238. The number of ether oxygens (including phenoxy) is 1. The van der Waals surface area contributed by atoms with Gasteiger partial charge in [0.2, 0.25) is 5.78 Å². The number of rotatable bonds is 8. The van der Waals surface area contributed by atoms with Gasteiger partial charge in [0, 0.05) is 46.2 Å². The fourth-order valence-electron chi connectivity index (χ4n) is 3.10. The number of hydrogen-bond acceptors (Lipinski definition) is 8. The number of amides is 1. The van der Waals surface area contributed by atoms with E-state index in [9.17, 15) is 24.5 Å². The summed E-state index contributed by atoms with van der Waals surface area (Å²) in [5, 5.41) is 15.8. The van der Waals surface area contributed by atoms with Crippen LogP contribution in [0, 0.1) is 24.0 Å². The Kier molecular flexibility index (Phi) is 6.79. The first-order valence-electron chi connectivity index (χ1n) is 9.53. The van der Waals surface area contributed by atoms with Gasteiger partial charge in [-0.2, -0.15) is 0 Å². The largest absolute Gasteiger partial charge is 0.456 e. The maximum atomic E-state index is 12.6. The standard InChI is InChI=1S/C21H20N4O6S/c1-12-9-17(14(3)24(12)21-22-7-8-32-21)18(26)11-31-20(28)13(2)23-19(27)15-5-4-6-16(10-15)25(29)30/h4-10,13H,11H2,1-3H3,(H,23,27)/t13-/m0/s1. The number of benzene rings is 1. The molecule has 0 aliphatic heterocycles. The molecule has 0 unspecified atom stereocenters. The van der Waals surface area contributed by atoms with Gasteiger partial charge in [0.25, 0.3) is 11.6 Å². The SMILES string of the molecule is Cc1cc(C(=O)COC(=O)[C@H](C)NC(=O)c2cccc([N+](=O)[O-])c2)c(C)n1-c1nccs1. The zero-order valence-electron chi connectivity index (χ0n) is 17.5. The molecule has 3 rings (SSSR count). The van der Waals surface area contributed by atoms with Gasteiger partial charge >= 0.3 is 5.97 Å². The Labute approximate surface area is 187 Å². The van der Waals surface area contributed by atoms with Crippen LogP contribution in [0.1, 0.15) is 39.0 Å². The number of carbonyl (C=O) groups excluding carboxylic acids is 3. The van der Waals surface area contributed by atoms with Crippen molar-refractivity contribution in [3.05, 3.63) is 74.5 Å². The molecule has 0 saturated carbocycles. The summed E-state index contributed by atoms with van der Waals surface area (Å²) < 4.78 is 6.93. The molecule has 0 saturated heterocycles. The van der Waals surface area contributed by atoms with Crippen molar-refractivity contribution in [3.8, 4) is 5.13 Å². The summed E-state index contributed by atoms with van der Waals surface area (Å²) in [6, 6.07) is 5.78. The van der Waals surface area contributed by atoms with E-state index >= 15 is 0 Å². The smallest absolute Gasteiger partial charge is 0.328 e. The van der Waals surface area contributed by atoms with Gasteiger partial charge in [-0.25, -0.2) is 9.78 Å². The van der Waals surface area contributed by atoms with Crippen LogP contribution in [0.4, 0.5) is 5.69 Å². The van der Waals surface area contributed by atoms with Gasteiger partial charge in [0.15, 0.2) is 11.7 Å². The number of thiazole rings is 1. The van der Waals surface area contributed by atoms with E-state index in [0.29, 0.717) is 11.3 Å². The van der Waals surface area contributed by atoms with Crippen molar-refractivity contribution in [1.29, 1.82) is 0 Å². The second-order valence-electron chi connectivity index (χ2n) is 6.97. The number of ketones is 1. The molecule has 1 amide bonds. The van der Waals surface area contributed by atoms with Gasteiger partial charge in [-0.05, 0) is 32.9 Å². The molecule has 0 fully saturated rings. The van der Waals surface area contributed by atoms with Crippen LogP contribution in [-0.2, 0) is 9.53 Å². The Bertz CT molecular complexity index is 1190. The van der Waals surface area contributed by atoms with Gasteiger partial charge in [-0.1, -0.05) is 6.07 Å². The predicted octanol–water partition coefficient (Wildman–Crippen LogP) is 3.00. The highest BCUT2D eigenvalue weighted by Crippen LogP contribution is 2.22. The molecular formula is C21H20N4O6S. The Balaban J connectivity index is 1.60. The Hall–Kier alpha value is -3.86. The number of nitro groups is 1. The molecule has 10 nitrogen and oxygen atoms in total. The number of nitro benzene ring substituents is 1. The lowest BCUT2D eigenvalue weighted by molar-refractivity contribution is -0.384. The summed E-state index contributed by atoms with van der Waals surface area (Å²) in [4.78, 5) is 51.6. The first-order chi connectivity index (χ1) is 15.2. The van der Waals surface area contributed by atoms with E-state index in [0.717, 1.165) is 16.9 Å². The van der Waals surface area contributed by atoms with Crippen LogP contribution in [0.15, 0.2) is 41.9 Å². The number of nitrogens with zero attached hydrogens (tertiary/aromatic N) is 3. The number of carbonyl (C=O) groups is 3.